The summed E-state index contributed by atoms with van der Waals surface area (Å²) in [7, 11) is 0. The number of hydrogen-bond acceptors (Lipinski definition) is 3. The lowest BCUT2D eigenvalue weighted by atomic mass is 10.0. The van der Waals surface area contributed by atoms with Crippen LogP contribution in [0.25, 0.3) is 0 Å². The Morgan fingerprint density at radius 1 is 1.26 bits per heavy atom. The van der Waals surface area contributed by atoms with Gasteiger partial charge in [0.05, 0.1) is 0 Å². The van der Waals surface area contributed by atoms with Crippen LogP contribution in [0.4, 0.5) is 10.5 Å². The zero-order valence-corrected chi connectivity index (χ0v) is 14.0. The number of benzene rings is 1. The maximum atomic E-state index is 12.2. The lowest BCUT2D eigenvalue weighted by Gasteiger charge is -2.15. The molecule has 0 aromatic heterocycles. The Morgan fingerprint density at radius 2 is 1.87 bits per heavy atom. The van der Waals surface area contributed by atoms with Crippen molar-refractivity contribution in [1.29, 1.82) is 0 Å². The van der Waals surface area contributed by atoms with E-state index in [1.54, 1.807) is 0 Å². The van der Waals surface area contributed by atoms with Crippen LogP contribution in [0.1, 0.15) is 31.4 Å². The maximum Gasteiger partial charge on any atom is 0.325 e. The minimum atomic E-state index is -0.532. The molecule has 1 aliphatic rings. The van der Waals surface area contributed by atoms with Crippen LogP contribution in [0, 0.1) is 19.8 Å². The Bertz CT molecular complexity index is 620. The van der Waals surface area contributed by atoms with E-state index in [1.807, 2.05) is 45.9 Å². The number of rotatable bonds is 5. The molecule has 6 heteroatoms. The molecule has 0 bridgehead atoms. The van der Waals surface area contributed by atoms with E-state index < -0.39 is 12.1 Å². The molecule has 1 saturated heterocycles. The van der Waals surface area contributed by atoms with E-state index in [-0.39, 0.29) is 24.3 Å². The van der Waals surface area contributed by atoms with Crippen LogP contribution in [-0.4, -0.2) is 35.3 Å². The van der Waals surface area contributed by atoms with Gasteiger partial charge < -0.3 is 10.6 Å². The molecule has 1 heterocycles. The molecule has 4 amide bonds. The second kappa shape index (κ2) is 6.81. The number of nitrogens with one attached hydrogen (secondary N) is 2. The lowest BCUT2D eigenvalue weighted by molar-refractivity contribution is -0.131. The van der Waals surface area contributed by atoms with Crippen molar-refractivity contribution in [2.45, 2.75) is 40.2 Å². The van der Waals surface area contributed by atoms with Gasteiger partial charge in [0.2, 0.25) is 5.91 Å². The number of para-hydroxylation sites is 1. The Kier molecular flexibility index (Phi) is 5.03. The summed E-state index contributed by atoms with van der Waals surface area (Å²) in [5.74, 6) is -0.427. The summed E-state index contributed by atoms with van der Waals surface area (Å²) in [5, 5.41) is 5.42. The Labute approximate surface area is 136 Å². The summed E-state index contributed by atoms with van der Waals surface area (Å²) >= 11 is 0. The van der Waals surface area contributed by atoms with Crippen molar-refractivity contribution >= 4 is 23.5 Å². The van der Waals surface area contributed by atoms with Crippen LogP contribution in [0.15, 0.2) is 18.2 Å². The number of imide groups is 1. The van der Waals surface area contributed by atoms with Gasteiger partial charge in [-0.3, -0.25) is 14.5 Å². The standard InChI is InChI=1S/C17H23N3O3/c1-10(2)8-13-16(22)20(17(23)18-13)9-14(21)19-15-11(3)6-5-7-12(15)4/h5-7,10,13H,8-9H2,1-4H3,(H,18,23)(H,19,21). The topological polar surface area (TPSA) is 78.5 Å². The molecule has 2 rings (SSSR count). The van der Waals surface area contributed by atoms with E-state index in [2.05, 4.69) is 10.6 Å². The third-order valence-corrected chi connectivity index (χ3v) is 3.86. The van der Waals surface area contributed by atoms with Gasteiger partial charge in [0.25, 0.3) is 5.91 Å². The van der Waals surface area contributed by atoms with Gasteiger partial charge in [0, 0.05) is 5.69 Å². The molecule has 6 nitrogen and oxygen atoms in total. The van der Waals surface area contributed by atoms with E-state index in [0.717, 1.165) is 21.7 Å². The summed E-state index contributed by atoms with van der Waals surface area (Å²) in [6, 6.07) is 4.67. The van der Waals surface area contributed by atoms with Crippen molar-refractivity contribution in [1.82, 2.24) is 10.2 Å². The third-order valence-electron chi connectivity index (χ3n) is 3.86. The van der Waals surface area contributed by atoms with E-state index >= 15 is 0 Å². The summed E-state index contributed by atoms with van der Waals surface area (Å²) in [4.78, 5) is 37.3. The number of anilines is 1. The number of carbonyl (C=O) groups is 3. The lowest BCUT2D eigenvalue weighted by Crippen LogP contribution is -2.38. The number of aryl methyl sites for hydroxylation is 2. The Morgan fingerprint density at radius 3 is 2.43 bits per heavy atom. The van der Waals surface area contributed by atoms with E-state index in [0.29, 0.717) is 6.42 Å². The number of hydrogen-bond donors (Lipinski definition) is 2. The number of nitrogens with zero attached hydrogens (tertiary/aromatic N) is 1. The maximum absolute atomic E-state index is 12.2. The second-order valence-corrected chi connectivity index (χ2v) is 6.37. The van der Waals surface area contributed by atoms with Gasteiger partial charge in [0.15, 0.2) is 0 Å². The highest BCUT2D eigenvalue weighted by Gasteiger charge is 2.39. The molecular formula is C17H23N3O3. The SMILES string of the molecule is Cc1cccc(C)c1NC(=O)CN1C(=O)NC(CC(C)C)C1=O. The zero-order chi connectivity index (χ0) is 17.1. The first-order valence-corrected chi connectivity index (χ1v) is 7.77. The molecule has 0 spiro atoms. The van der Waals surface area contributed by atoms with Crippen molar-refractivity contribution in [3.8, 4) is 0 Å². The average Bonchev–Trinajstić information content (AvgIpc) is 2.70. The van der Waals surface area contributed by atoms with Gasteiger partial charge in [-0.1, -0.05) is 32.0 Å². The fourth-order valence-corrected chi connectivity index (χ4v) is 2.69. The summed E-state index contributed by atoms with van der Waals surface area (Å²) in [6.45, 7) is 7.49. The molecule has 1 atom stereocenters. The molecular weight excluding hydrogens is 294 g/mol. The fourth-order valence-electron chi connectivity index (χ4n) is 2.69. The zero-order valence-electron chi connectivity index (χ0n) is 14.0. The van der Waals surface area contributed by atoms with Gasteiger partial charge >= 0.3 is 6.03 Å². The molecule has 1 fully saturated rings. The van der Waals surface area contributed by atoms with Crippen molar-refractivity contribution in [3.63, 3.8) is 0 Å². The first kappa shape index (κ1) is 17.0. The van der Waals surface area contributed by atoms with Crippen molar-refractivity contribution in [2.75, 3.05) is 11.9 Å². The number of urea groups is 1. The molecule has 0 radical (unpaired) electrons. The predicted molar refractivity (Wildman–Crippen MR) is 88.0 cm³/mol. The molecule has 1 aliphatic heterocycles. The predicted octanol–water partition coefficient (Wildman–Crippen LogP) is 2.21. The average molecular weight is 317 g/mol. The van der Waals surface area contributed by atoms with Crippen molar-refractivity contribution in [2.24, 2.45) is 5.92 Å². The molecule has 1 aromatic rings. The quantitative estimate of drug-likeness (QED) is 0.817. The van der Waals surface area contributed by atoms with E-state index in [9.17, 15) is 14.4 Å². The monoisotopic (exact) mass is 317 g/mol. The van der Waals surface area contributed by atoms with Crippen LogP contribution < -0.4 is 10.6 Å². The first-order chi connectivity index (χ1) is 10.8. The minimum Gasteiger partial charge on any atom is -0.326 e. The minimum absolute atomic E-state index is 0.271. The van der Waals surface area contributed by atoms with E-state index in [1.165, 1.54) is 0 Å². The van der Waals surface area contributed by atoms with E-state index in [4.69, 9.17) is 0 Å². The van der Waals surface area contributed by atoms with Gasteiger partial charge in [-0.2, -0.15) is 0 Å². The highest BCUT2D eigenvalue weighted by molar-refractivity contribution is 6.08. The summed E-state index contributed by atoms with van der Waals surface area (Å²) in [6.07, 6.45) is 0.569. The van der Waals surface area contributed by atoms with Gasteiger partial charge in [-0.05, 0) is 37.3 Å². The Balaban J connectivity index is 2.03. The number of carbonyl (C=O) groups excluding carboxylic acids is 3. The molecule has 1 aromatic carbocycles. The molecule has 23 heavy (non-hydrogen) atoms. The Hall–Kier alpha value is -2.37. The first-order valence-electron chi connectivity index (χ1n) is 7.77. The van der Waals surface area contributed by atoms with Crippen LogP contribution in [-0.2, 0) is 9.59 Å². The molecule has 0 aliphatic carbocycles. The fraction of sp³-hybridized carbons (Fsp3) is 0.471. The highest BCUT2D eigenvalue weighted by Crippen LogP contribution is 2.20. The normalized spacial score (nSPS) is 17.6. The smallest absolute Gasteiger partial charge is 0.325 e. The third kappa shape index (κ3) is 3.88. The van der Waals surface area contributed by atoms with Crippen LogP contribution >= 0.6 is 0 Å². The highest BCUT2D eigenvalue weighted by atomic mass is 16.2. The van der Waals surface area contributed by atoms with Crippen LogP contribution in [0.5, 0.6) is 0 Å². The van der Waals surface area contributed by atoms with Gasteiger partial charge in [-0.25, -0.2) is 4.79 Å². The second-order valence-electron chi connectivity index (χ2n) is 6.37. The van der Waals surface area contributed by atoms with Gasteiger partial charge in [0.1, 0.15) is 12.6 Å². The van der Waals surface area contributed by atoms with Crippen molar-refractivity contribution in [3.05, 3.63) is 29.3 Å². The van der Waals surface area contributed by atoms with Crippen LogP contribution in [0.2, 0.25) is 0 Å². The van der Waals surface area contributed by atoms with Crippen LogP contribution in [0.3, 0.4) is 0 Å². The van der Waals surface area contributed by atoms with Gasteiger partial charge in [-0.15, -0.1) is 0 Å². The molecule has 124 valence electrons. The molecule has 1 unspecified atom stereocenters. The molecule has 0 saturated carbocycles. The number of amides is 4. The summed E-state index contributed by atoms with van der Waals surface area (Å²) < 4.78 is 0. The largest absolute Gasteiger partial charge is 0.326 e. The van der Waals surface area contributed by atoms with Crippen molar-refractivity contribution < 1.29 is 14.4 Å². The molecule has 2 N–H and O–H groups in total. The summed E-state index contributed by atoms with van der Waals surface area (Å²) in [5.41, 5.74) is 2.60.